The zero-order valence-corrected chi connectivity index (χ0v) is 23.2. The number of ether oxygens (including phenoxy) is 2. The molecule has 1 N–H and O–H groups in total. The van der Waals surface area contributed by atoms with Crippen LogP contribution in [0.3, 0.4) is 0 Å². The van der Waals surface area contributed by atoms with Crippen LogP contribution < -0.4 is 19.7 Å². The number of alkyl halides is 3. The van der Waals surface area contributed by atoms with E-state index in [1.165, 1.54) is 6.07 Å². The number of nitrogens with zero attached hydrogens (tertiary/aromatic N) is 2. The van der Waals surface area contributed by atoms with E-state index in [4.69, 9.17) is 9.47 Å². The zero-order chi connectivity index (χ0) is 28.7. The fourth-order valence-electron chi connectivity index (χ4n) is 5.32. The number of carbonyl (C=O) groups excluding carboxylic acids is 2. The number of amides is 2. The van der Waals surface area contributed by atoms with E-state index in [2.05, 4.69) is 11.4 Å². The Bertz CT molecular complexity index is 1180. The molecule has 0 saturated carbocycles. The summed E-state index contributed by atoms with van der Waals surface area (Å²) in [5, 5.41) is 3.39. The number of fused-ring (bicyclic) bond motifs is 1. The number of carbonyl (C=O) groups is 2. The van der Waals surface area contributed by atoms with Gasteiger partial charge in [0.05, 0.1) is 11.3 Å². The Morgan fingerprint density at radius 2 is 1.75 bits per heavy atom. The van der Waals surface area contributed by atoms with Gasteiger partial charge < -0.3 is 24.6 Å². The van der Waals surface area contributed by atoms with Crippen molar-refractivity contribution in [1.29, 1.82) is 0 Å². The van der Waals surface area contributed by atoms with Crippen LogP contribution in [0.15, 0.2) is 36.4 Å². The Labute approximate surface area is 233 Å². The molecule has 1 saturated heterocycles. The van der Waals surface area contributed by atoms with Crippen LogP contribution in [0.2, 0.25) is 0 Å². The van der Waals surface area contributed by atoms with Crippen LogP contribution in [-0.2, 0) is 17.6 Å². The average molecular weight is 562 g/mol. The largest absolute Gasteiger partial charge is 0.488 e. The van der Waals surface area contributed by atoms with Gasteiger partial charge in [0, 0.05) is 38.6 Å². The lowest BCUT2D eigenvalue weighted by Gasteiger charge is -2.24. The quantitative estimate of drug-likeness (QED) is 0.363. The lowest BCUT2D eigenvalue weighted by Crippen LogP contribution is -2.33. The lowest BCUT2D eigenvalue weighted by atomic mass is 9.97. The molecule has 2 aromatic carbocycles. The van der Waals surface area contributed by atoms with Gasteiger partial charge in [-0.2, -0.15) is 13.2 Å². The SMILES string of the molecule is CCCC(=O)N1CCc2cc(CC(C)NCCOc3ccccc3OCC(F)(F)F)cc(C(=O)N3CCCC3)c21. The molecule has 1 unspecified atom stereocenters. The number of nitrogens with one attached hydrogen (secondary N) is 1. The number of hydrogen-bond donors (Lipinski definition) is 1. The van der Waals surface area contributed by atoms with Crippen LogP contribution in [0.4, 0.5) is 18.9 Å². The molecule has 218 valence electrons. The van der Waals surface area contributed by atoms with Gasteiger partial charge in [0.1, 0.15) is 6.61 Å². The second-order valence-electron chi connectivity index (χ2n) is 10.5. The summed E-state index contributed by atoms with van der Waals surface area (Å²) in [7, 11) is 0. The van der Waals surface area contributed by atoms with Gasteiger partial charge in [0.25, 0.3) is 5.91 Å². The molecule has 4 rings (SSSR count). The van der Waals surface area contributed by atoms with Gasteiger partial charge >= 0.3 is 6.18 Å². The highest BCUT2D eigenvalue weighted by Crippen LogP contribution is 2.36. The Kier molecular flexibility index (Phi) is 9.95. The average Bonchev–Trinajstić information content (AvgIpc) is 3.60. The Morgan fingerprint density at radius 3 is 2.42 bits per heavy atom. The first-order valence-electron chi connectivity index (χ1n) is 14.1. The van der Waals surface area contributed by atoms with Gasteiger partial charge in [0.15, 0.2) is 18.1 Å². The highest BCUT2D eigenvalue weighted by atomic mass is 19.4. The van der Waals surface area contributed by atoms with Crippen LogP contribution in [0.5, 0.6) is 11.5 Å². The first kappa shape index (κ1) is 29.7. The van der Waals surface area contributed by atoms with E-state index in [1.807, 2.05) is 24.8 Å². The maximum Gasteiger partial charge on any atom is 0.422 e. The van der Waals surface area contributed by atoms with E-state index in [0.29, 0.717) is 31.5 Å². The molecule has 2 heterocycles. The smallest absolute Gasteiger partial charge is 0.422 e. The van der Waals surface area contributed by atoms with Gasteiger partial charge in [-0.25, -0.2) is 0 Å². The van der Waals surface area contributed by atoms with Gasteiger partial charge in [-0.15, -0.1) is 0 Å². The molecule has 2 aliphatic rings. The van der Waals surface area contributed by atoms with E-state index in [1.54, 1.807) is 23.1 Å². The fraction of sp³-hybridized carbons (Fsp3) is 0.533. The van der Waals surface area contributed by atoms with Crippen molar-refractivity contribution in [3.63, 3.8) is 0 Å². The van der Waals surface area contributed by atoms with Crippen molar-refractivity contribution < 1.29 is 32.2 Å². The second kappa shape index (κ2) is 13.4. The van der Waals surface area contributed by atoms with E-state index in [9.17, 15) is 22.8 Å². The molecular formula is C30H38F3N3O4. The number of rotatable bonds is 12. The van der Waals surface area contributed by atoms with Crippen LogP contribution in [0, 0.1) is 0 Å². The van der Waals surface area contributed by atoms with Crippen molar-refractivity contribution in [3.8, 4) is 11.5 Å². The molecular weight excluding hydrogens is 523 g/mol. The molecule has 0 aliphatic carbocycles. The molecule has 2 aliphatic heterocycles. The molecule has 40 heavy (non-hydrogen) atoms. The molecule has 2 aromatic rings. The minimum absolute atomic E-state index is 0.00721. The van der Waals surface area contributed by atoms with E-state index < -0.39 is 12.8 Å². The third-order valence-corrected chi connectivity index (χ3v) is 7.15. The minimum Gasteiger partial charge on any atom is -0.488 e. The number of anilines is 1. The monoisotopic (exact) mass is 561 g/mol. The minimum atomic E-state index is -4.43. The molecule has 0 spiro atoms. The Hall–Kier alpha value is -3.27. The summed E-state index contributed by atoms with van der Waals surface area (Å²) in [5.41, 5.74) is 3.45. The van der Waals surface area contributed by atoms with Gasteiger partial charge in [-0.05, 0) is 68.4 Å². The summed E-state index contributed by atoms with van der Waals surface area (Å²) in [6, 6.07) is 10.4. The van der Waals surface area contributed by atoms with Crippen LogP contribution in [0.25, 0.3) is 0 Å². The van der Waals surface area contributed by atoms with Crippen molar-refractivity contribution >= 4 is 17.5 Å². The van der Waals surface area contributed by atoms with Crippen molar-refractivity contribution in [2.24, 2.45) is 0 Å². The number of para-hydroxylation sites is 2. The van der Waals surface area contributed by atoms with E-state index >= 15 is 0 Å². The molecule has 1 atom stereocenters. The molecule has 10 heteroatoms. The first-order valence-corrected chi connectivity index (χ1v) is 14.1. The summed E-state index contributed by atoms with van der Waals surface area (Å²) < 4.78 is 48.2. The summed E-state index contributed by atoms with van der Waals surface area (Å²) in [4.78, 5) is 30.0. The second-order valence-corrected chi connectivity index (χ2v) is 10.5. The highest BCUT2D eigenvalue weighted by molar-refractivity contribution is 6.06. The van der Waals surface area contributed by atoms with Crippen LogP contribution >= 0.6 is 0 Å². The molecule has 0 aromatic heterocycles. The summed E-state index contributed by atoms with van der Waals surface area (Å²) in [6.07, 6.45) is 0.176. The van der Waals surface area contributed by atoms with Gasteiger partial charge in [-0.3, -0.25) is 9.59 Å². The van der Waals surface area contributed by atoms with Gasteiger partial charge in [-0.1, -0.05) is 25.1 Å². The Balaban J connectivity index is 1.39. The standard InChI is InChI=1S/C30H38F3N3O4/c1-3-8-27(37)36-15-11-23-18-22(19-24(28(23)36)29(38)35-13-6-7-14-35)17-21(2)34-12-16-39-25-9-4-5-10-26(25)40-20-30(31,32)33/h4-5,9-10,18-19,21,34H,3,6-8,11-17,20H2,1-2H3. The number of halogens is 3. The van der Waals surface area contributed by atoms with Crippen molar-refractivity contribution in [2.75, 3.05) is 44.3 Å². The maximum atomic E-state index is 13.5. The number of benzene rings is 2. The molecule has 2 amide bonds. The van der Waals surface area contributed by atoms with Crippen molar-refractivity contribution in [2.45, 2.75) is 64.6 Å². The summed E-state index contributed by atoms with van der Waals surface area (Å²) in [6.45, 7) is 5.42. The first-order chi connectivity index (χ1) is 19.2. The number of hydrogen-bond acceptors (Lipinski definition) is 5. The maximum absolute atomic E-state index is 13.5. The number of likely N-dealkylation sites (tertiary alicyclic amines) is 1. The highest BCUT2D eigenvalue weighted by Gasteiger charge is 2.32. The lowest BCUT2D eigenvalue weighted by molar-refractivity contribution is -0.153. The zero-order valence-electron chi connectivity index (χ0n) is 23.2. The van der Waals surface area contributed by atoms with Crippen molar-refractivity contribution in [3.05, 3.63) is 53.1 Å². The molecule has 1 fully saturated rings. The molecule has 0 radical (unpaired) electrons. The van der Waals surface area contributed by atoms with Crippen molar-refractivity contribution in [1.82, 2.24) is 10.2 Å². The summed E-state index contributed by atoms with van der Waals surface area (Å²) in [5.74, 6) is 0.358. The van der Waals surface area contributed by atoms with Gasteiger partial charge in [0.2, 0.25) is 5.91 Å². The van der Waals surface area contributed by atoms with E-state index in [0.717, 1.165) is 55.6 Å². The molecule has 0 bridgehead atoms. The predicted molar refractivity (Wildman–Crippen MR) is 147 cm³/mol. The fourth-order valence-corrected chi connectivity index (χ4v) is 5.32. The predicted octanol–water partition coefficient (Wildman–Crippen LogP) is 5.15. The third kappa shape index (κ3) is 7.68. The molecule has 7 nitrogen and oxygen atoms in total. The van der Waals surface area contributed by atoms with E-state index in [-0.39, 0.29) is 36.0 Å². The summed E-state index contributed by atoms with van der Waals surface area (Å²) >= 11 is 0. The normalized spacial score (nSPS) is 15.7. The topological polar surface area (TPSA) is 71.1 Å². The third-order valence-electron chi connectivity index (χ3n) is 7.15. The van der Waals surface area contributed by atoms with Crippen LogP contribution in [0.1, 0.15) is 61.0 Å². The van der Waals surface area contributed by atoms with Crippen LogP contribution in [-0.4, -0.2) is 68.3 Å². The Morgan fingerprint density at radius 1 is 1.05 bits per heavy atom.